The zero-order valence-electron chi connectivity index (χ0n) is 36.7. The van der Waals surface area contributed by atoms with Crippen molar-refractivity contribution in [3.8, 4) is 0 Å². The summed E-state index contributed by atoms with van der Waals surface area (Å²) in [6, 6.07) is 20.9. The summed E-state index contributed by atoms with van der Waals surface area (Å²) < 4.78 is 5.49. The standard InChI is InChI=1S/C47H66N8O6/c1-8-32(4)42(45(59)50-29-35-21-15-16-22-49-35)52-36(24-33-17-11-9-12-18-33)27-41(56)38(23-31(2)3)53-44(58)40(26-37-28-48-30-51-37)54-43(57)39(25-34-19-13-10-14-20-34)55-46(60)61-47(5,6)7/h9-22,28,30-32,36,38-42,52,56H,8,23-27,29H2,1-7H3,(H,48,51)(H,50,59)(H,53,58)(H,54,57)(H,55,60)/t32-,36+,38-,39-,40-,41-,42-/m0/s1. The molecule has 0 spiro atoms. The van der Waals surface area contributed by atoms with Crippen molar-refractivity contribution in [1.29, 1.82) is 0 Å². The number of benzene rings is 2. The van der Waals surface area contributed by atoms with Gasteiger partial charge >= 0.3 is 6.09 Å². The van der Waals surface area contributed by atoms with Crippen LogP contribution in [-0.2, 0) is 44.9 Å². The molecule has 14 nitrogen and oxygen atoms in total. The molecule has 4 amide bonds. The lowest BCUT2D eigenvalue weighted by Gasteiger charge is -2.33. The lowest BCUT2D eigenvalue weighted by Crippen LogP contribution is -2.58. The van der Waals surface area contributed by atoms with Gasteiger partial charge in [-0.3, -0.25) is 19.4 Å². The summed E-state index contributed by atoms with van der Waals surface area (Å²) in [7, 11) is 0. The highest BCUT2D eigenvalue weighted by atomic mass is 16.6. The van der Waals surface area contributed by atoms with Crippen LogP contribution in [0.15, 0.2) is 97.6 Å². The Morgan fingerprint density at radius 3 is 1.97 bits per heavy atom. The zero-order valence-corrected chi connectivity index (χ0v) is 36.7. The van der Waals surface area contributed by atoms with Gasteiger partial charge in [-0.15, -0.1) is 0 Å². The van der Waals surface area contributed by atoms with Gasteiger partial charge < -0.3 is 41.4 Å². The minimum atomic E-state index is -1.11. The largest absolute Gasteiger partial charge is 0.444 e. The predicted molar refractivity (Wildman–Crippen MR) is 236 cm³/mol. The van der Waals surface area contributed by atoms with Crippen molar-refractivity contribution in [3.05, 3.63) is 120 Å². The van der Waals surface area contributed by atoms with E-state index in [1.807, 2.05) is 107 Å². The Kier molecular flexibility index (Phi) is 18.9. The average molecular weight is 839 g/mol. The molecule has 0 saturated carbocycles. The zero-order chi connectivity index (χ0) is 44.4. The number of pyridine rings is 1. The molecule has 0 aliphatic carbocycles. The Hall–Kier alpha value is -5.60. The molecule has 2 heterocycles. The van der Waals surface area contributed by atoms with Crippen LogP contribution in [0.3, 0.4) is 0 Å². The first-order valence-electron chi connectivity index (χ1n) is 21.4. The lowest BCUT2D eigenvalue weighted by atomic mass is 9.90. The number of aliphatic hydroxyl groups excluding tert-OH is 1. The van der Waals surface area contributed by atoms with Crippen LogP contribution in [0.25, 0.3) is 0 Å². The van der Waals surface area contributed by atoms with Crippen LogP contribution in [0.4, 0.5) is 4.79 Å². The first-order chi connectivity index (χ1) is 29.1. The number of amides is 4. The average Bonchev–Trinajstić information content (AvgIpc) is 3.74. The molecule has 4 aromatic rings. The summed E-state index contributed by atoms with van der Waals surface area (Å²) in [5.41, 5.74) is 2.37. The summed E-state index contributed by atoms with van der Waals surface area (Å²) in [6.45, 7) is 13.6. The maximum Gasteiger partial charge on any atom is 0.408 e. The van der Waals surface area contributed by atoms with Crippen LogP contribution >= 0.6 is 0 Å². The van der Waals surface area contributed by atoms with Gasteiger partial charge in [0.25, 0.3) is 0 Å². The van der Waals surface area contributed by atoms with E-state index in [0.29, 0.717) is 18.5 Å². The van der Waals surface area contributed by atoms with Crippen molar-refractivity contribution in [2.45, 2.75) is 135 Å². The molecule has 7 atom stereocenters. The Bertz CT molecular complexity index is 1910. The molecule has 2 aromatic heterocycles. The van der Waals surface area contributed by atoms with Gasteiger partial charge in [0.05, 0.1) is 36.8 Å². The highest BCUT2D eigenvalue weighted by Crippen LogP contribution is 2.19. The van der Waals surface area contributed by atoms with Gasteiger partial charge in [-0.05, 0) is 75.1 Å². The quantitative estimate of drug-likeness (QED) is 0.0526. The smallest absolute Gasteiger partial charge is 0.408 e. The maximum atomic E-state index is 14.4. The van der Waals surface area contributed by atoms with E-state index in [1.165, 1.54) is 6.33 Å². The molecule has 7 N–H and O–H groups in total. The fourth-order valence-corrected chi connectivity index (χ4v) is 7.05. The summed E-state index contributed by atoms with van der Waals surface area (Å²) in [6.07, 6.45) is 5.08. The number of carbonyl (C=O) groups excluding carboxylic acids is 4. The molecule has 0 saturated heterocycles. The summed E-state index contributed by atoms with van der Waals surface area (Å²) in [5.74, 6) is -1.21. The Morgan fingerprint density at radius 1 is 0.770 bits per heavy atom. The SMILES string of the molecule is CC[C@H](C)[C@H](N[C@H](Cc1ccccc1)C[C@H](O)[C@H](CC(C)C)NC(=O)[C@H](Cc1cnc[nH]1)NC(=O)[C@H](Cc1ccccc1)NC(=O)OC(C)(C)C)C(=O)NCc1ccccn1. The van der Waals surface area contributed by atoms with Crippen molar-refractivity contribution in [2.24, 2.45) is 11.8 Å². The first-order valence-corrected chi connectivity index (χ1v) is 21.4. The fourth-order valence-electron chi connectivity index (χ4n) is 7.05. The Morgan fingerprint density at radius 2 is 1.39 bits per heavy atom. The number of ether oxygens (including phenoxy) is 1. The van der Waals surface area contributed by atoms with Crippen molar-refractivity contribution in [1.82, 2.24) is 41.5 Å². The number of alkyl carbamates (subject to hydrolysis) is 1. The first kappa shape index (κ1) is 48.1. The molecular weight excluding hydrogens is 773 g/mol. The van der Waals surface area contributed by atoms with Gasteiger partial charge in [0.1, 0.15) is 17.7 Å². The van der Waals surface area contributed by atoms with Crippen LogP contribution in [0.2, 0.25) is 0 Å². The van der Waals surface area contributed by atoms with Gasteiger partial charge in [-0.1, -0.05) is 101 Å². The van der Waals surface area contributed by atoms with Gasteiger partial charge in [0, 0.05) is 37.0 Å². The molecule has 4 rings (SSSR count). The monoisotopic (exact) mass is 839 g/mol. The molecule has 0 radical (unpaired) electrons. The Labute approximate surface area is 360 Å². The molecule has 2 aromatic carbocycles. The fraction of sp³-hybridized carbons (Fsp3) is 0.489. The normalized spacial score (nSPS) is 15.0. The van der Waals surface area contributed by atoms with Crippen molar-refractivity contribution >= 4 is 23.8 Å². The lowest BCUT2D eigenvalue weighted by molar-refractivity contribution is -0.131. The second-order valence-corrected chi connectivity index (χ2v) is 17.2. The van der Waals surface area contributed by atoms with Crippen LogP contribution in [-0.4, -0.2) is 85.8 Å². The summed E-state index contributed by atoms with van der Waals surface area (Å²) in [4.78, 5) is 66.7. The van der Waals surface area contributed by atoms with E-state index in [4.69, 9.17) is 4.74 Å². The number of rotatable bonds is 23. The summed E-state index contributed by atoms with van der Waals surface area (Å²) >= 11 is 0. The molecule has 0 bridgehead atoms. The molecule has 0 aliphatic heterocycles. The number of aromatic nitrogens is 3. The summed E-state index contributed by atoms with van der Waals surface area (Å²) in [5, 5.41) is 27.4. The van der Waals surface area contributed by atoms with Crippen molar-refractivity contribution in [3.63, 3.8) is 0 Å². The van der Waals surface area contributed by atoms with Crippen LogP contribution in [0.1, 0.15) is 90.2 Å². The number of H-pyrrole nitrogens is 1. The minimum Gasteiger partial charge on any atom is -0.444 e. The molecule has 0 fully saturated rings. The third kappa shape index (κ3) is 17.1. The molecule has 0 aliphatic rings. The van der Waals surface area contributed by atoms with E-state index in [0.717, 1.165) is 23.2 Å². The number of nitrogens with one attached hydrogen (secondary N) is 6. The molecular formula is C47H66N8O6. The van der Waals surface area contributed by atoms with Crippen molar-refractivity contribution < 1.29 is 29.0 Å². The van der Waals surface area contributed by atoms with Crippen molar-refractivity contribution in [2.75, 3.05) is 0 Å². The highest BCUT2D eigenvalue weighted by molar-refractivity contribution is 5.91. The molecule has 330 valence electrons. The van der Waals surface area contributed by atoms with E-state index >= 15 is 0 Å². The number of imidazole rings is 1. The third-order valence-electron chi connectivity index (χ3n) is 10.4. The topological polar surface area (TPSA) is 199 Å². The van der Waals surface area contributed by atoms with E-state index in [1.54, 1.807) is 33.2 Å². The van der Waals surface area contributed by atoms with Crippen LogP contribution < -0.4 is 26.6 Å². The van der Waals surface area contributed by atoms with Gasteiger partial charge in [0.2, 0.25) is 17.7 Å². The van der Waals surface area contributed by atoms with Gasteiger partial charge in [0.15, 0.2) is 0 Å². The minimum absolute atomic E-state index is 0.0345. The number of aromatic amines is 1. The molecule has 0 unspecified atom stereocenters. The third-order valence-corrected chi connectivity index (χ3v) is 10.4. The van der Waals surface area contributed by atoms with E-state index in [2.05, 4.69) is 41.5 Å². The molecule has 61 heavy (non-hydrogen) atoms. The second-order valence-electron chi connectivity index (χ2n) is 17.2. The number of carbonyl (C=O) groups is 4. The highest BCUT2D eigenvalue weighted by Gasteiger charge is 2.34. The van der Waals surface area contributed by atoms with Gasteiger partial charge in [-0.2, -0.15) is 0 Å². The number of hydrogen-bond acceptors (Lipinski definition) is 9. The van der Waals surface area contributed by atoms with E-state index in [-0.39, 0.29) is 49.6 Å². The van der Waals surface area contributed by atoms with E-state index < -0.39 is 53.8 Å². The number of aliphatic hydroxyl groups is 1. The molecule has 14 heteroatoms. The van der Waals surface area contributed by atoms with Crippen LogP contribution in [0.5, 0.6) is 0 Å². The number of hydrogen-bond donors (Lipinski definition) is 7. The second kappa shape index (κ2) is 24.0. The predicted octanol–water partition coefficient (Wildman–Crippen LogP) is 5.18. The van der Waals surface area contributed by atoms with Gasteiger partial charge in [-0.25, -0.2) is 9.78 Å². The maximum absolute atomic E-state index is 14.4. The van der Waals surface area contributed by atoms with Crippen LogP contribution in [0, 0.1) is 11.8 Å². The Balaban J connectivity index is 1.57. The number of nitrogens with zero attached hydrogens (tertiary/aromatic N) is 2. The van der Waals surface area contributed by atoms with E-state index in [9.17, 15) is 24.3 Å².